The Balaban J connectivity index is 1.70. The second-order valence-corrected chi connectivity index (χ2v) is 10.1. The summed E-state index contributed by atoms with van der Waals surface area (Å²) in [6.45, 7) is 5.30. The topological polar surface area (TPSA) is 132 Å². The number of nitrogens with one attached hydrogen (secondary N) is 3. The molecule has 5 rings (SSSR count). The molecule has 42 heavy (non-hydrogen) atoms. The number of rotatable bonds is 6. The number of amides is 1. The lowest BCUT2D eigenvalue weighted by molar-refractivity contribution is 0.158. The van der Waals surface area contributed by atoms with Gasteiger partial charge in [0.05, 0.1) is 34.9 Å². The average Bonchev–Trinajstić information content (AvgIpc) is 3.80. The van der Waals surface area contributed by atoms with E-state index in [-0.39, 0.29) is 52.1 Å². The summed E-state index contributed by atoms with van der Waals surface area (Å²) in [7, 11) is 3.11. The van der Waals surface area contributed by atoms with Gasteiger partial charge in [-0.25, -0.2) is 13.9 Å². The van der Waals surface area contributed by atoms with E-state index in [9.17, 15) is 18.8 Å². The van der Waals surface area contributed by atoms with Crippen molar-refractivity contribution in [2.24, 2.45) is 12.0 Å². The summed E-state index contributed by atoms with van der Waals surface area (Å²) in [5.41, 5.74) is 2.61. The number of halogens is 1. The van der Waals surface area contributed by atoms with Crippen LogP contribution in [-0.2, 0) is 11.8 Å². The number of aromatic nitrogens is 3. The molecule has 0 radical (unpaired) electrons. The van der Waals surface area contributed by atoms with Gasteiger partial charge in [-0.15, -0.1) is 0 Å². The van der Waals surface area contributed by atoms with Crippen LogP contribution in [0.2, 0.25) is 0 Å². The predicted octanol–water partition coefficient (Wildman–Crippen LogP) is 4.74. The van der Waals surface area contributed by atoms with Crippen LogP contribution in [0.3, 0.4) is 0 Å². The molecule has 3 N–H and O–H groups in total. The van der Waals surface area contributed by atoms with Crippen molar-refractivity contribution < 1.29 is 13.9 Å². The number of nitrogens with zero attached hydrogens (tertiary/aromatic N) is 4. The van der Waals surface area contributed by atoms with Crippen LogP contribution in [0.25, 0.3) is 22.2 Å². The molecular weight excluding hydrogens is 541 g/mol. The maximum absolute atomic E-state index is 14.9. The Morgan fingerprint density at radius 2 is 1.90 bits per heavy atom. The number of pyridine rings is 1. The van der Waals surface area contributed by atoms with Gasteiger partial charge in [0, 0.05) is 30.9 Å². The number of ether oxygens (including phenoxy) is 1. The third-order valence-corrected chi connectivity index (χ3v) is 7.07. The summed E-state index contributed by atoms with van der Waals surface area (Å²) >= 11 is 0. The van der Waals surface area contributed by atoms with Crippen LogP contribution in [-0.4, -0.2) is 40.1 Å². The van der Waals surface area contributed by atoms with Gasteiger partial charge in [0.2, 0.25) is 5.96 Å². The lowest BCUT2D eigenvalue weighted by Crippen LogP contribution is -2.36. The molecule has 218 valence electrons. The maximum Gasteiger partial charge on any atom is 0.413 e. The van der Waals surface area contributed by atoms with Gasteiger partial charge in [-0.1, -0.05) is 18.2 Å². The van der Waals surface area contributed by atoms with Crippen molar-refractivity contribution in [1.29, 1.82) is 0 Å². The summed E-state index contributed by atoms with van der Waals surface area (Å²) in [5, 5.41) is 13.6. The molecule has 1 fully saturated rings. The number of aliphatic imine (C=N–C) groups is 1. The molecule has 0 spiro atoms. The molecule has 1 amide bonds. The zero-order valence-electron chi connectivity index (χ0n) is 24.0. The number of fused-ring (bicyclic) bond motifs is 1. The molecule has 0 unspecified atom stereocenters. The molecule has 2 aromatic carbocycles. The largest absolute Gasteiger partial charge is 0.450 e. The first-order valence-electron chi connectivity index (χ1n) is 13.6. The number of carbonyl (C=O) groups is 1. The Morgan fingerprint density at radius 3 is 2.57 bits per heavy atom. The standard InChI is InChI=1S/C30H32FN7O4/c1-6-42-30(41)35-29(32-4)33-19-9-7-8-18(15-19)25-26-23(28(40)38(36-25)20-11-12-20)24(17(3)27(39)37(26)5)34-22-13-10-16(2)14-21(22)31/h7-10,13-15,20,34H,6,11-12H2,1-5H3,(H2,32,33,35,41). The molecule has 1 saturated carbocycles. The Hall–Kier alpha value is -5.00. The molecular formula is C30H32FN7O4. The van der Waals surface area contributed by atoms with Crippen molar-refractivity contribution in [1.82, 2.24) is 19.7 Å². The van der Waals surface area contributed by atoms with Gasteiger partial charge < -0.3 is 19.9 Å². The molecule has 0 bridgehead atoms. The Labute approximate surface area is 241 Å². The number of aryl methyl sites for hydroxylation is 2. The molecule has 0 saturated heterocycles. The third kappa shape index (κ3) is 5.47. The monoisotopic (exact) mass is 573 g/mol. The first-order valence-corrected chi connectivity index (χ1v) is 13.6. The Bertz CT molecular complexity index is 1860. The highest BCUT2D eigenvalue weighted by molar-refractivity contribution is 6.03. The van der Waals surface area contributed by atoms with E-state index in [0.717, 1.165) is 18.4 Å². The fourth-order valence-electron chi connectivity index (χ4n) is 4.80. The van der Waals surface area contributed by atoms with Gasteiger partial charge in [0.15, 0.2) is 0 Å². The fourth-order valence-corrected chi connectivity index (χ4v) is 4.80. The summed E-state index contributed by atoms with van der Waals surface area (Å²) in [5.74, 6) is -0.329. The number of carbonyl (C=O) groups excluding carboxylic acids is 1. The first-order chi connectivity index (χ1) is 20.1. The van der Waals surface area contributed by atoms with Gasteiger partial charge in [-0.05, 0) is 63.4 Å². The highest BCUT2D eigenvalue weighted by atomic mass is 19.1. The van der Waals surface area contributed by atoms with Gasteiger partial charge in [-0.3, -0.25) is 19.9 Å². The van der Waals surface area contributed by atoms with Gasteiger partial charge in [-0.2, -0.15) is 5.10 Å². The molecule has 11 nitrogen and oxygen atoms in total. The van der Waals surface area contributed by atoms with E-state index in [1.807, 2.05) is 6.07 Å². The van der Waals surface area contributed by atoms with Crippen molar-refractivity contribution in [2.45, 2.75) is 39.7 Å². The molecule has 4 aromatic rings. The number of guanidine groups is 1. The average molecular weight is 574 g/mol. The van der Waals surface area contributed by atoms with E-state index in [4.69, 9.17) is 9.84 Å². The van der Waals surface area contributed by atoms with Crippen molar-refractivity contribution in [3.05, 3.63) is 80.1 Å². The fraction of sp³-hybridized carbons (Fsp3) is 0.300. The quantitative estimate of drug-likeness (QED) is 0.224. The van der Waals surface area contributed by atoms with E-state index >= 15 is 0 Å². The van der Waals surface area contributed by atoms with Gasteiger partial charge in [0.1, 0.15) is 11.5 Å². The molecule has 2 heterocycles. The van der Waals surface area contributed by atoms with Crippen LogP contribution in [0.4, 0.5) is 26.2 Å². The minimum absolute atomic E-state index is 0.0731. The van der Waals surface area contributed by atoms with Gasteiger partial charge >= 0.3 is 6.09 Å². The highest BCUT2D eigenvalue weighted by Crippen LogP contribution is 2.37. The lowest BCUT2D eigenvalue weighted by atomic mass is 10.0. The van der Waals surface area contributed by atoms with Crippen molar-refractivity contribution in [3.8, 4) is 11.3 Å². The number of hydrogen-bond donors (Lipinski definition) is 3. The second kappa shape index (κ2) is 11.5. The Morgan fingerprint density at radius 1 is 1.14 bits per heavy atom. The van der Waals surface area contributed by atoms with E-state index < -0.39 is 11.9 Å². The lowest BCUT2D eigenvalue weighted by Gasteiger charge is -2.19. The molecule has 1 aliphatic rings. The summed E-state index contributed by atoms with van der Waals surface area (Å²) in [6.07, 6.45) is 0.950. The molecule has 0 aliphatic heterocycles. The van der Waals surface area contributed by atoms with E-state index in [1.165, 1.54) is 22.4 Å². The molecule has 2 aromatic heterocycles. The van der Waals surface area contributed by atoms with Crippen molar-refractivity contribution in [3.63, 3.8) is 0 Å². The Kier molecular flexibility index (Phi) is 7.79. The molecule has 0 atom stereocenters. The van der Waals surface area contributed by atoms with Gasteiger partial charge in [0.25, 0.3) is 11.1 Å². The summed E-state index contributed by atoms with van der Waals surface area (Å²) < 4.78 is 22.7. The third-order valence-electron chi connectivity index (χ3n) is 7.07. The number of benzene rings is 2. The van der Waals surface area contributed by atoms with Crippen LogP contribution < -0.4 is 27.1 Å². The summed E-state index contributed by atoms with van der Waals surface area (Å²) in [4.78, 5) is 43.4. The van der Waals surface area contributed by atoms with Crippen LogP contribution >= 0.6 is 0 Å². The van der Waals surface area contributed by atoms with E-state index in [1.54, 1.807) is 58.2 Å². The van der Waals surface area contributed by atoms with Crippen LogP contribution in [0.5, 0.6) is 0 Å². The highest BCUT2D eigenvalue weighted by Gasteiger charge is 2.30. The van der Waals surface area contributed by atoms with Crippen LogP contribution in [0.1, 0.15) is 36.9 Å². The number of alkyl carbamates (subject to hydrolysis) is 1. The zero-order chi connectivity index (χ0) is 30.1. The predicted molar refractivity (Wildman–Crippen MR) is 161 cm³/mol. The number of anilines is 3. The first kappa shape index (κ1) is 28.5. The van der Waals surface area contributed by atoms with Crippen molar-refractivity contribution >= 4 is 40.0 Å². The SMILES string of the molecule is CCOC(=O)NC(=NC)Nc1cccc(-c2nn(C3CC3)c(=O)c3c(Nc4ccc(C)cc4F)c(C)c(=O)n(C)c23)c1. The smallest absolute Gasteiger partial charge is 0.413 e. The van der Waals surface area contributed by atoms with Crippen LogP contribution in [0.15, 0.2) is 57.0 Å². The van der Waals surface area contributed by atoms with Crippen LogP contribution in [0, 0.1) is 19.7 Å². The summed E-state index contributed by atoms with van der Waals surface area (Å²) in [6, 6.07) is 11.8. The minimum Gasteiger partial charge on any atom is -0.450 e. The molecule has 1 aliphatic carbocycles. The molecule has 12 heteroatoms. The minimum atomic E-state index is -0.652. The maximum atomic E-state index is 14.9. The normalized spacial score (nSPS) is 13.2. The van der Waals surface area contributed by atoms with Crippen molar-refractivity contribution in [2.75, 3.05) is 24.3 Å². The van der Waals surface area contributed by atoms with E-state index in [2.05, 4.69) is 20.9 Å². The second-order valence-electron chi connectivity index (χ2n) is 10.1. The zero-order valence-corrected chi connectivity index (χ0v) is 24.0. The van der Waals surface area contributed by atoms with E-state index in [0.29, 0.717) is 22.5 Å². The number of hydrogen-bond acceptors (Lipinski definition) is 7.